The van der Waals surface area contributed by atoms with Crippen LogP contribution in [-0.4, -0.2) is 5.11 Å². The molecule has 0 aliphatic carbocycles. The minimum absolute atomic E-state index is 0.0849. The number of aromatic hydroxyl groups is 1. The smallest absolute Gasteiger partial charge is 0.132 e. The predicted molar refractivity (Wildman–Crippen MR) is 100 cm³/mol. The van der Waals surface area contributed by atoms with Crippen molar-refractivity contribution in [2.75, 3.05) is 0 Å². The summed E-state index contributed by atoms with van der Waals surface area (Å²) in [4.78, 5) is 2.44. The SMILES string of the molecule is Cc1cc(O)c(C(C)(C)C)cc1Sc1cc2c(cc1C)OC2(C)C. The number of hydrogen-bond donors (Lipinski definition) is 1. The van der Waals surface area contributed by atoms with E-state index in [-0.39, 0.29) is 11.0 Å². The third-order valence-corrected chi connectivity index (χ3v) is 5.93. The van der Waals surface area contributed by atoms with Gasteiger partial charge in [0.2, 0.25) is 0 Å². The molecular weight excluding hydrogens is 316 g/mol. The lowest BCUT2D eigenvalue weighted by Gasteiger charge is -2.39. The lowest BCUT2D eigenvalue weighted by molar-refractivity contribution is 0.0512. The molecule has 0 aromatic heterocycles. The van der Waals surface area contributed by atoms with Gasteiger partial charge in [-0.05, 0) is 68.5 Å². The Labute approximate surface area is 149 Å². The van der Waals surface area contributed by atoms with Gasteiger partial charge in [0.1, 0.15) is 17.1 Å². The first-order chi connectivity index (χ1) is 11.0. The van der Waals surface area contributed by atoms with E-state index < -0.39 is 0 Å². The fourth-order valence-corrected chi connectivity index (χ4v) is 4.14. The fourth-order valence-electron chi connectivity index (χ4n) is 3.11. The van der Waals surface area contributed by atoms with Crippen molar-refractivity contribution in [2.45, 2.75) is 69.3 Å². The number of phenolic OH excluding ortho intramolecular Hbond substituents is 1. The van der Waals surface area contributed by atoms with Crippen molar-refractivity contribution >= 4 is 11.8 Å². The van der Waals surface area contributed by atoms with Crippen molar-refractivity contribution in [3.63, 3.8) is 0 Å². The number of benzene rings is 2. The van der Waals surface area contributed by atoms with Crippen LogP contribution in [0.4, 0.5) is 0 Å². The van der Waals surface area contributed by atoms with Crippen molar-refractivity contribution in [3.05, 3.63) is 46.5 Å². The fraction of sp³-hybridized carbons (Fsp3) is 0.429. The van der Waals surface area contributed by atoms with Gasteiger partial charge in [-0.3, -0.25) is 0 Å². The quantitative estimate of drug-likeness (QED) is 0.716. The van der Waals surface area contributed by atoms with Crippen LogP contribution in [0.1, 0.15) is 56.9 Å². The molecular formula is C21H26O2S. The van der Waals surface area contributed by atoms with Gasteiger partial charge in [-0.2, -0.15) is 0 Å². The Morgan fingerprint density at radius 1 is 0.958 bits per heavy atom. The zero-order valence-corrected chi connectivity index (χ0v) is 16.4. The van der Waals surface area contributed by atoms with E-state index in [4.69, 9.17) is 4.74 Å². The second-order valence-electron chi connectivity index (χ2n) is 8.21. The highest BCUT2D eigenvalue weighted by atomic mass is 32.2. The van der Waals surface area contributed by atoms with Crippen LogP contribution in [0.5, 0.6) is 11.5 Å². The summed E-state index contributed by atoms with van der Waals surface area (Å²) >= 11 is 1.77. The van der Waals surface area contributed by atoms with Gasteiger partial charge in [-0.15, -0.1) is 0 Å². The molecule has 128 valence electrons. The summed E-state index contributed by atoms with van der Waals surface area (Å²) in [6, 6.07) is 8.40. The maximum absolute atomic E-state index is 10.3. The normalized spacial score (nSPS) is 15.5. The second kappa shape index (κ2) is 5.45. The third kappa shape index (κ3) is 2.90. The van der Waals surface area contributed by atoms with E-state index in [2.05, 4.69) is 66.7 Å². The molecule has 0 saturated heterocycles. The first-order valence-corrected chi connectivity index (χ1v) is 9.17. The molecule has 0 atom stereocenters. The largest absolute Gasteiger partial charge is 0.508 e. The summed E-state index contributed by atoms with van der Waals surface area (Å²) < 4.78 is 5.82. The van der Waals surface area contributed by atoms with E-state index in [1.54, 1.807) is 11.8 Å². The van der Waals surface area contributed by atoms with Crippen molar-refractivity contribution in [2.24, 2.45) is 0 Å². The Kier molecular flexibility index (Phi) is 3.91. The number of hydrogen-bond acceptors (Lipinski definition) is 3. The number of phenols is 1. The zero-order valence-electron chi connectivity index (χ0n) is 15.6. The molecule has 24 heavy (non-hydrogen) atoms. The van der Waals surface area contributed by atoms with Gasteiger partial charge in [0.15, 0.2) is 0 Å². The molecule has 1 heterocycles. The van der Waals surface area contributed by atoms with Crippen LogP contribution >= 0.6 is 11.8 Å². The highest BCUT2D eigenvalue weighted by Gasteiger charge is 2.37. The van der Waals surface area contributed by atoms with E-state index >= 15 is 0 Å². The van der Waals surface area contributed by atoms with E-state index in [9.17, 15) is 5.11 Å². The number of rotatable bonds is 2. The topological polar surface area (TPSA) is 29.5 Å². The standard InChI is InChI=1S/C21H26O2S/c1-12-8-16(22)14(20(3,4)5)10-18(12)24-19-11-15-17(9-13(19)2)23-21(15,6)7/h8-11,22H,1-7H3. The highest BCUT2D eigenvalue weighted by Crippen LogP contribution is 2.48. The van der Waals surface area contributed by atoms with Crippen LogP contribution in [0, 0.1) is 13.8 Å². The summed E-state index contributed by atoms with van der Waals surface area (Å²) in [7, 11) is 0. The molecule has 0 amide bonds. The molecule has 0 spiro atoms. The summed E-state index contributed by atoms with van der Waals surface area (Å²) in [6.45, 7) is 14.8. The highest BCUT2D eigenvalue weighted by molar-refractivity contribution is 7.99. The Morgan fingerprint density at radius 2 is 1.54 bits per heavy atom. The van der Waals surface area contributed by atoms with Gasteiger partial charge < -0.3 is 9.84 Å². The van der Waals surface area contributed by atoms with Crippen LogP contribution in [0.3, 0.4) is 0 Å². The maximum Gasteiger partial charge on any atom is 0.132 e. The van der Waals surface area contributed by atoms with Crippen LogP contribution in [0.2, 0.25) is 0 Å². The Hall–Kier alpha value is -1.61. The van der Waals surface area contributed by atoms with Gasteiger partial charge in [-0.1, -0.05) is 32.5 Å². The molecule has 1 N–H and O–H groups in total. The van der Waals surface area contributed by atoms with Gasteiger partial charge in [0, 0.05) is 20.9 Å². The average molecular weight is 343 g/mol. The van der Waals surface area contributed by atoms with Crippen molar-refractivity contribution in [1.82, 2.24) is 0 Å². The summed E-state index contributed by atoms with van der Waals surface area (Å²) in [5, 5.41) is 10.3. The Morgan fingerprint density at radius 3 is 2.12 bits per heavy atom. The van der Waals surface area contributed by atoms with Crippen LogP contribution in [-0.2, 0) is 11.0 Å². The van der Waals surface area contributed by atoms with Crippen LogP contribution < -0.4 is 4.74 Å². The Bertz CT molecular complexity index is 814. The lowest BCUT2D eigenvalue weighted by Crippen LogP contribution is -2.35. The summed E-state index contributed by atoms with van der Waals surface area (Å²) in [5.41, 5.74) is 4.29. The first kappa shape index (κ1) is 17.2. The summed E-state index contributed by atoms with van der Waals surface area (Å²) in [6.07, 6.45) is 0. The summed E-state index contributed by atoms with van der Waals surface area (Å²) in [5.74, 6) is 1.38. The minimum atomic E-state index is -0.196. The van der Waals surface area contributed by atoms with E-state index in [1.165, 1.54) is 20.9 Å². The van der Waals surface area contributed by atoms with Gasteiger partial charge >= 0.3 is 0 Å². The molecule has 0 radical (unpaired) electrons. The van der Waals surface area contributed by atoms with Crippen molar-refractivity contribution in [1.29, 1.82) is 0 Å². The molecule has 3 heteroatoms. The van der Waals surface area contributed by atoms with E-state index in [0.717, 1.165) is 16.9 Å². The first-order valence-electron chi connectivity index (χ1n) is 8.35. The maximum atomic E-state index is 10.3. The average Bonchev–Trinajstić information content (AvgIpc) is 2.42. The second-order valence-corrected chi connectivity index (χ2v) is 9.30. The van der Waals surface area contributed by atoms with Crippen LogP contribution in [0.25, 0.3) is 0 Å². The molecule has 1 aliphatic rings. The number of ether oxygens (including phenoxy) is 1. The van der Waals surface area contributed by atoms with Crippen LogP contribution in [0.15, 0.2) is 34.1 Å². The third-order valence-electron chi connectivity index (χ3n) is 4.61. The monoisotopic (exact) mass is 342 g/mol. The lowest BCUT2D eigenvalue weighted by atomic mass is 9.86. The Balaban J connectivity index is 2.02. The van der Waals surface area contributed by atoms with Gasteiger partial charge in [0.25, 0.3) is 0 Å². The molecule has 0 bridgehead atoms. The predicted octanol–water partition coefficient (Wildman–Crippen LogP) is 6.09. The molecule has 2 aromatic carbocycles. The molecule has 2 nitrogen and oxygen atoms in total. The molecule has 3 rings (SSSR count). The molecule has 0 fully saturated rings. The van der Waals surface area contributed by atoms with Crippen molar-refractivity contribution in [3.8, 4) is 11.5 Å². The molecule has 0 unspecified atom stereocenters. The van der Waals surface area contributed by atoms with Crippen molar-refractivity contribution < 1.29 is 9.84 Å². The molecule has 1 aliphatic heterocycles. The number of aryl methyl sites for hydroxylation is 2. The number of fused-ring (bicyclic) bond motifs is 1. The zero-order chi connectivity index (χ0) is 17.9. The van der Waals surface area contributed by atoms with Gasteiger partial charge in [-0.25, -0.2) is 0 Å². The molecule has 2 aromatic rings. The molecule has 0 saturated carbocycles. The van der Waals surface area contributed by atoms with Gasteiger partial charge in [0.05, 0.1) is 0 Å². The van der Waals surface area contributed by atoms with E-state index in [0.29, 0.717) is 5.75 Å². The van der Waals surface area contributed by atoms with E-state index in [1.807, 2.05) is 6.07 Å². The minimum Gasteiger partial charge on any atom is -0.508 e.